The number of fused-ring (bicyclic) bond motifs is 1. The van der Waals surface area contributed by atoms with E-state index in [-0.39, 0.29) is 0 Å². The van der Waals surface area contributed by atoms with Gasteiger partial charge in [0.05, 0.1) is 0 Å². The first-order valence-electron chi connectivity index (χ1n) is 6.89. The third-order valence-corrected chi connectivity index (χ3v) is 3.52. The first kappa shape index (κ1) is 12.7. The Balaban J connectivity index is 2.18. The topological polar surface area (TPSA) is 30.2 Å². The molecule has 0 unspecified atom stereocenters. The summed E-state index contributed by atoms with van der Waals surface area (Å²) >= 11 is 0. The van der Waals surface area contributed by atoms with Gasteiger partial charge in [0, 0.05) is 5.56 Å². The second kappa shape index (κ2) is 5.33. The Hall–Kier alpha value is -2.35. The van der Waals surface area contributed by atoms with Crippen LogP contribution in [0.5, 0.6) is 0 Å². The van der Waals surface area contributed by atoms with Crippen molar-refractivity contribution in [2.24, 2.45) is 0 Å². The van der Waals surface area contributed by atoms with Crippen LogP contribution >= 0.6 is 0 Å². The van der Waals surface area contributed by atoms with Crippen molar-refractivity contribution in [3.05, 3.63) is 59.9 Å². The fourth-order valence-corrected chi connectivity index (χ4v) is 2.63. The van der Waals surface area contributed by atoms with Crippen LogP contribution in [0.3, 0.4) is 0 Å². The first-order chi connectivity index (χ1) is 9.83. The molecule has 0 radical (unpaired) electrons. The Labute approximate surface area is 118 Å². The van der Waals surface area contributed by atoms with Gasteiger partial charge in [0.1, 0.15) is 5.76 Å². The van der Waals surface area contributed by atoms with E-state index in [1.54, 1.807) is 6.07 Å². The molecule has 20 heavy (non-hydrogen) atoms. The van der Waals surface area contributed by atoms with Crippen LogP contribution in [0.2, 0.25) is 0 Å². The molecule has 1 heterocycles. The Morgan fingerprint density at radius 3 is 2.50 bits per heavy atom. The lowest BCUT2D eigenvalue weighted by molar-refractivity contribution is 0.110. The fourth-order valence-electron chi connectivity index (χ4n) is 2.63. The minimum Gasteiger partial charge on any atom is -0.453 e. The lowest BCUT2D eigenvalue weighted by atomic mass is 10.1. The highest BCUT2D eigenvalue weighted by atomic mass is 16.3. The van der Waals surface area contributed by atoms with Crippen molar-refractivity contribution in [1.82, 2.24) is 0 Å². The Morgan fingerprint density at radius 2 is 1.80 bits per heavy atom. The van der Waals surface area contributed by atoms with E-state index in [2.05, 4.69) is 31.2 Å². The minimum absolute atomic E-state index is 0.367. The van der Waals surface area contributed by atoms with E-state index in [0.717, 1.165) is 30.5 Å². The van der Waals surface area contributed by atoms with Gasteiger partial charge in [-0.1, -0.05) is 43.7 Å². The molecule has 0 aliphatic heterocycles. The summed E-state index contributed by atoms with van der Waals surface area (Å²) < 4.78 is 5.58. The summed E-state index contributed by atoms with van der Waals surface area (Å²) in [5.74, 6) is 1.12. The first-order valence-corrected chi connectivity index (χ1v) is 6.89. The van der Waals surface area contributed by atoms with E-state index in [4.69, 9.17) is 4.42 Å². The van der Waals surface area contributed by atoms with Crippen LogP contribution in [0.1, 0.15) is 29.5 Å². The van der Waals surface area contributed by atoms with Gasteiger partial charge in [-0.25, -0.2) is 0 Å². The molecule has 2 nitrogen and oxygen atoms in total. The number of furan rings is 1. The molecule has 0 spiro atoms. The van der Waals surface area contributed by atoms with E-state index < -0.39 is 0 Å². The number of hydrogen-bond donors (Lipinski definition) is 0. The summed E-state index contributed by atoms with van der Waals surface area (Å²) in [4.78, 5) is 10.8. The molecule has 2 heteroatoms. The second-order valence-corrected chi connectivity index (χ2v) is 4.89. The molecule has 2 aliphatic rings. The molecule has 1 aromatic rings. The van der Waals surface area contributed by atoms with Crippen molar-refractivity contribution in [1.29, 1.82) is 0 Å². The molecular weight excluding hydrogens is 248 g/mol. The summed E-state index contributed by atoms with van der Waals surface area (Å²) in [6, 6.07) is 16.1. The van der Waals surface area contributed by atoms with Crippen LogP contribution in [-0.2, 0) is 6.42 Å². The van der Waals surface area contributed by atoms with Gasteiger partial charge in [-0.05, 0) is 41.3 Å². The molecule has 0 fully saturated rings. The molecule has 0 amide bonds. The third-order valence-electron chi connectivity index (χ3n) is 3.52. The summed E-state index contributed by atoms with van der Waals surface area (Å²) in [5, 5.41) is 0. The smallest absolute Gasteiger partial charge is 0.185 e. The lowest BCUT2D eigenvalue weighted by Gasteiger charge is -1.99. The summed E-state index contributed by atoms with van der Waals surface area (Å²) in [6.45, 7) is 2.18. The number of aryl methyl sites for hydroxylation is 1. The monoisotopic (exact) mass is 264 g/mol. The largest absolute Gasteiger partial charge is 0.453 e. The highest BCUT2D eigenvalue weighted by Gasteiger charge is 2.17. The minimum atomic E-state index is 0.367. The average molecular weight is 264 g/mol. The van der Waals surface area contributed by atoms with Crippen LogP contribution in [0, 0.1) is 0 Å². The maximum atomic E-state index is 10.8. The number of rotatable bonds is 4. The molecule has 2 aliphatic carbocycles. The predicted octanol–water partition coefficient (Wildman–Crippen LogP) is 4.82. The van der Waals surface area contributed by atoms with Gasteiger partial charge in [0.25, 0.3) is 0 Å². The molecule has 0 atom stereocenters. The van der Waals surface area contributed by atoms with Gasteiger partial charge in [-0.2, -0.15) is 0 Å². The van der Waals surface area contributed by atoms with Crippen LogP contribution < -0.4 is 0 Å². The quantitative estimate of drug-likeness (QED) is 0.632. The fraction of sp³-hybridized carbons (Fsp3) is 0.167. The van der Waals surface area contributed by atoms with Crippen molar-refractivity contribution < 1.29 is 9.21 Å². The van der Waals surface area contributed by atoms with Crippen molar-refractivity contribution in [3.8, 4) is 22.5 Å². The van der Waals surface area contributed by atoms with Crippen molar-refractivity contribution in [2.45, 2.75) is 19.8 Å². The number of aldehydes is 1. The summed E-state index contributed by atoms with van der Waals surface area (Å²) in [5.41, 5.74) is 4.83. The van der Waals surface area contributed by atoms with Crippen LogP contribution in [0.4, 0.5) is 0 Å². The number of hydrogen-bond acceptors (Lipinski definition) is 2. The zero-order valence-corrected chi connectivity index (χ0v) is 11.4. The Bertz CT molecular complexity index is 709. The zero-order valence-electron chi connectivity index (χ0n) is 11.4. The molecule has 100 valence electrons. The predicted molar refractivity (Wildman–Crippen MR) is 80.1 cm³/mol. The molecule has 0 bridgehead atoms. The molecule has 1 aromatic heterocycles. The molecular formula is C18H16O2. The van der Waals surface area contributed by atoms with E-state index in [0.29, 0.717) is 5.76 Å². The third kappa shape index (κ3) is 2.14. The molecule has 0 N–H and O–H groups in total. The Morgan fingerprint density at radius 1 is 1.00 bits per heavy atom. The van der Waals surface area contributed by atoms with Gasteiger partial charge < -0.3 is 4.42 Å². The van der Waals surface area contributed by atoms with Crippen molar-refractivity contribution in [3.63, 3.8) is 0 Å². The van der Waals surface area contributed by atoms with E-state index >= 15 is 0 Å². The molecule has 0 saturated heterocycles. The molecule has 0 aromatic carbocycles. The van der Waals surface area contributed by atoms with Crippen molar-refractivity contribution >= 4 is 6.29 Å². The number of carbonyl (C=O) groups excluding carboxylic acids is 1. The van der Waals surface area contributed by atoms with Gasteiger partial charge >= 0.3 is 0 Å². The number of carbonyl (C=O) groups is 1. The van der Waals surface area contributed by atoms with Gasteiger partial charge in [0.15, 0.2) is 12.0 Å². The molecule has 3 rings (SSSR count). The van der Waals surface area contributed by atoms with E-state index in [1.807, 2.05) is 18.2 Å². The second-order valence-electron chi connectivity index (χ2n) is 4.89. The highest BCUT2D eigenvalue weighted by Crippen LogP contribution is 2.39. The standard InChI is InChI=1S/C18H16O2/c1-2-6-13-11-17(18-10-9-14(12-19)20-18)16-8-5-3-4-7-15(13)16/h3-5,7-12H,2,6H2,1H3. The average Bonchev–Trinajstić information content (AvgIpc) is 2.97. The van der Waals surface area contributed by atoms with Crippen LogP contribution in [0.15, 0.2) is 52.9 Å². The van der Waals surface area contributed by atoms with E-state index in [9.17, 15) is 4.79 Å². The normalized spacial score (nSPS) is 10.8. The van der Waals surface area contributed by atoms with Crippen LogP contribution in [-0.4, -0.2) is 6.29 Å². The van der Waals surface area contributed by atoms with Gasteiger partial charge in [-0.3, -0.25) is 4.79 Å². The maximum absolute atomic E-state index is 10.8. The molecule has 0 saturated carbocycles. The van der Waals surface area contributed by atoms with E-state index in [1.165, 1.54) is 16.7 Å². The lowest BCUT2D eigenvalue weighted by Crippen LogP contribution is -1.80. The van der Waals surface area contributed by atoms with Gasteiger partial charge in [0.2, 0.25) is 0 Å². The van der Waals surface area contributed by atoms with Crippen LogP contribution in [0.25, 0.3) is 22.5 Å². The highest BCUT2D eigenvalue weighted by molar-refractivity contribution is 5.87. The maximum Gasteiger partial charge on any atom is 0.185 e. The summed E-state index contributed by atoms with van der Waals surface area (Å²) in [6.07, 6.45) is 2.89. The van der Waals surface area contributed by atoms with Gasteiger partial charge in [-0.15, -0.1) is 0 Å². The van der Waals surface area contributed by atoms with Crippen molar-refractivity contribution in [2.75, 3.05) is 0 Å². The Kier molecular flexibility index (Phi) is 3.38. The SMILES string of the molecule is CCCc1cc(-c2ccc(C=O)o2)c2cccccc1-2. The zero-order chi connectivity index (χ0) is 13.9. The summed E-state index contributed by atoms with van der Waals surface area (Å²) in [7, 11) is 0.